The number of thiophene rings is 1. The monoisotopic (exact) mass is 456 g/mol. The number of fused-ring (bicyclic) bond motifs is 1. The van der Waals surface area contributed by atoms with E-state index in [0.717, 1.165) is 41.7 Å². The van der Waals surface area contributed by atoms with E-state index in [1.54, 1.807) is 13.2 Å². The van der Waals surface area contributed by atoms with Gasteiger partial charge < -0.3 is 20.5 Å². The first-order valence-corrected chi connectivity index (χ1v) is 11.8. The molecule has 0 fully saturated rings. The number of amides is 2. The van der Waals surface area contributed by atoms with Crippen LogP contribution in [0.25, 0.3) is 6.08 Å². The normalized spacial score (nSPS) is 15.6. The average Bonchev–Trinajstić information content (AvgIpc) is 3.09. The van der Waals surface area contributed by atoms with E-state index in [-0.39, 0.29) is 5.91 Å². The van der Waals surface area contributed by atoms with Crippen molar-refractivity contribution in [3.05, 3.63) is 45.8 Å². The van der Waals surface area contributed by atoms with Gasteiger partial charge >= 0.3 is 0 Å². The molecule has 1 aliphatic rings. The van der Waals surface area contributed by atoms with Gasteiger partial charge in [0.1, 0.15) is 5.00 Å². The molecule has 1 heterocycles. The molecular formula is C25H32N2O4S. The van der Waals surface area contributed by atoms with E-state index in [1.165, 1.54) is 17.4 Å². The molecule has 0 saturated carbocycles. The van der Waals surface area contributed by atoms with Crippen LogP contribution < -0.4 is 20.5 Å². The zero-order valence-electron chi connectivity index (χ0n) is 19.2. The van der Waals surface area contributed by atoms with Crippen LogP contribution in [0.3, 0.4) is 0 Å². The smallest absolute Gasteiger partial charge is 0.251 e. The summed E-state index contributed by atoms with van der Waals surface area (Å²) in [6.07, 6.45) is 6.87. The van der Waals surface area contributed by atoms with Crippen LogP contribution in [-0.2, 0) is 17.6 Å². The van der Waals surface area contributed by atoms with Crippen LogP contribution in [0.5, 0.6) is 11.5 Å². The van der Waals surface area contributed by atoms with Crippen molar-refractivity contribution in [1.29, 1.82) is 0 Å². The van der Waals surface area contributed by atoms with Gasteiger partial charge in [0, 0.05) is 11.0 Å². The number of carbonyl (C=O) groups is 2. The van der Waals surface area contributed by atoms with Gasteiger partial charge in [0.05, 0.1) is 19.3 Å². The standard InChI is InChI=1S/C25H32N2O4S/c1-15(2)11-12-31-19-9-6-17(14-20(19)30-4)7-10-22(28)27-25-23(24(26)29)18-8-5-16(3)13-21(18)32-25/h6-7,9-10,14-16H,5,8,11-13H2,1-4H3,(H2,26,29)(H,27,28). The molecule has 6 nitrogen and oxygen atoms in total. The van der Waals surface area contributed by atoms with Gasteiger partial charge in [-0.25, -0.2) is 0 Å². The van der Waals surface area contributed by atoms with Crippen LogP contribution in [0.1, 0.15) is 60.0 Å². The summed E-state index contributed by atoms with van der Waals surface area (Å²) in [6, 6.07) is 5.54. The molecule has 0 radical (unpaired) electrons. The lowest BCUT2D eigenvalue weighted by Crippen LogP contribution is -2.18. The van der Waals surface area contributed by atoms with Crippen LogP contribution in [0, 0.1) is 11.8 Å². The number of methoxy groups -OCH3 is 1. The molecule has 3 rings (SSSR count). The second-order valence-corrected chi connectivity index (χ2v) is 9.79. The van der Waals surface area contributed by atoms with Gasteiger partial charge in [0.15, 0.2) is 11.5 Å². The third-order valence-electron chi connectivity index (χ3n) is 5.56. The number of hydrogen-bond acceptors (Lipinski definition) is 5. The summed E-state index contributed by atoms with van der Waals surface area (Å²) in [6.45, 7) is 7.12. The highest BCUT2D eigenvalue weighted by Gasteiger charge is 2.26. The summed E-state index contributed by atoms with van der Waals surface area (Å²) >= 11 is 1.46. The van der Waals surface area contributed by atoms with E-state index >= 15 is 0 Å². The van der Waals surface area contributed by atoms with Gasteiger partial charge in [-0.1, -0.05) is 26.8 Å². The van der Waals surface area contributed by atoms with Crippen molar-refractivity contribution in [2.75, 3.05) is 19.0 Å². The summed E-state index contributed by atoms with van der Waals surface area (Å²) in [5.74, 6) is 1.63. The molecule has 1 aromatic heterocycles. The Balaban J connectivity index is 1.70. The Morgan fingerprint density at radius 3 is 2.78 bits per heavy atom. The van der Waals surface area contributed by atoms with Gasteiger partial charge in [-0.3, -0.25) is 9.59 Å². The maximum absolute atomic E-state index is 12.6. The molecular weight excluding hydrogens is 424 g/mol. The Kier molecular flexibility index (Phi) is 7.96. The Bertz CT molecular complexity index is 1010. The van der Waals surface area contributed by atoms with Gasteiger partial charge in [-0.2, -0.15) is 0 Å². The lowest BCUT2D eigenvalue weighted by atomic mass is 9.88. The predicted molar refractivity (Wildman–Crippen MR) is 130 cm³/mol. The maximum atomic E-state index is 12.6. The Labute approximate surface area is 193 Å². The third kappa shape index (κ3) is 5.91. The first-order chi connectivity index (χ1) is 15.3. The summed E-state index contributed by atoms with van der Waals surface area (Å²) < 4.78 is 11.2. The lowest BCUT2D eigenvalue weighted by Gasteiger charge is -2.18. The molecule has 2 amide bonds. The molecule has 7 heteroatoms. The first-order valence-electron chi connectivity index (χ1n) is 11.0. The van der Waals surface area contributed by atoms with Crippen LogP contribution in [0.2, 0.25) is 0 Å². The van der Waals surface area contributed by atoms with E-state index in [9.17, 15) is 9.59 Å². The molecule has 2 aromatic rings. The van der Waals surface area contributed by atoms with E-state index in [1.807, 2.05) is 18.2 Å². The molecule has 32 heavy (non-hydrogen) atoms. The molecule has 0 spiro atoms. The quantitative estimate of drug-likeness (QED) is 0.516. The molecule has 172 valence electrons. The zero-order chi connectivity index (χ0) is 23.3. The number of rotatable bonds is 9. The van der Waals surface area contributed by atoms with E-state index in [0.29, 0.717) is 40.5 Å². The highest BCUT2D eigenvalue weighted by atomic mass is 32.1. The van der Waals surface area contributed by atoms with E-state index < -0.39 is 5.91 Å². The number of hydrogen-bond donors (Lipinski definition) is 2. The number of nitrogens with two attached hydrogens (primary N) is 1. The number of carbonyl (C=O) groups excluding carboxylic acids is 2. The van der Waals surface area contributed by atoms with Crippen molar-refractivity contribution in [3.8, 4) is 11.5 Å². The molecule has 1 unspecified atom stereocenters. The lowest BCUT2D eigenvalue weighted by molar-refractivity contribution is -0.111. The van der Waals surface area contributed by atoms with Gasteiger partial charge in [-0.05, 0) is 66.9 Å². The Hall–Kier alpha value is -2.80. The van der Waals surface area contributed by atoms with Crippen LogP contribution in [0.15, 0.2) is 24.3 Å². The summed E-state index contributed by atoms with van der Waals surface area (Å²) in [5, 5.41) is 3.39. The van der Waals surface area contributed by atoms with E-state index in [2.05, 4.69) is 26.1 Å². The molecule has 0 saturated heterocycles. The van der Waals surface area contributed by atoms with Gasteiger partial charge in [0.25, 0.3) is 5.91 Å². The number of nitrogens with one attached hydrogen (secondary N) is 1. The second-order valence-electron chi connectivity index (χ2n) is 8.68. The fourth-order valence-corrected chi connectivity index (χ4v) is 5.16. The minimum absolute atomic E-state index is 0.310. The number of ether oxygens (including phenoxy) is 2. The fourth-order valence-electron chi connectivity index (χ4n) is 3.74. The van der Waals surface area contributed by atoms with Crippen LogP contribution in [-0.4, -0.2) is 25.5 Å². The third-order valence-corrected chi connectivity index (χ3v) is 6.73. The Morgan fingerprint density at radius 2 is 2.09 bits per heavy atom. The van der Waals surface area contributed by atoms with Crippen LogP contribution >= 0.6 is 11.3 Å². The van der Waals surface area contributed by atoms with Gasteiger partial charge in [0.2, 0.25) is 5.91 Å². The zero-order valence-corrected chi connectivity index (χ0v) is 20.0. The topological polar surface area (TPSA) is 90.6 Å². The van der Waals surface area contributed by atoms with Crippen molar-refractivity contribution in [2.45, 2.75) is 46.5 Å². The van der Waals surface area contributed by atoms with Crippen LogP contribution in [0.4, 0.5) is 5.00 Å². The summed E-state index contributed by atoms with van der Waals surface area (Å²) in [7, 11) is 1.59. The predicted octanol–water partition coefficient (Wildman–Crippen LogP) is 5.06. The molecule has 1 atom stereocenters. The highest BCUT2D eigenvalue weighted by molar-refractivity contribution is 7.17. The number of benzene rings is 1. The second kappa shape index (κ2) is 10.7. The highest BCUT2D eigenvalue weighted by Crippen LogP contribution is 2.39. The SMILES string of the molecule is COc1cc(C=CC(=O)Nc2sc3c(c2C(N)=O)CCC(C)C3)ccc1OCCC(C)C. The number of anilines is 1. The molecule has 3 N–H and O–H groups in total. The van der Waals surface area contributed by atoms with Crippen molar-refractivity contribution < 1.29 is 19.1 Å². The minimum Gasteiger partial charge on any atom is -0.493 e. The van der Waals surface area contributed by atoms with Crippen molar-refractivity contribution in [3.63, 3.8) is 0 Å². The first kappa shape index (κ1) is 23.9. The number of primary amides is 1. The Morgan fingerprint density at radius 1 is 1.31 bits per heavy atom. The summed E-state index contributed by atoms with van der Waals surface area (Å²) in [5.41, 5.74) is 7.90. The van der Waals surface area contributed by atoms with E-state index in [4.69, 9.17) is 15.2 Å². The maximum Gasteiger partial charge on any atom is 0.251 e. The molecule has 1 aromatic carbocycles. The van der Waals surface area contributed by atoms with Crippen molar-refractivity contribution >= 4 is 34.2 Å². The minimum atomic E-state index is -0.492. The largest absolute Gasteiger partial charge is 0.493 e. The molecule has 0 bridgehead atoms. The molecule has 0 aliphatic heterocycles. The summed E-state index contributed by atoms with van der Waals surface area (Å²) in [4.78, 5) is 25.8. The van der Waals surface area contributed by atoms with Crippen molar-refractivity contribution in [1.82, 2.24) is 0 Å². The molecule has 1 aliphatic carbocycles. The van der Waals surface area contributed by atoms with Crippen molar-refractivity contribution in [2.24, 2.45) is 17.6 Å². The fraction of sp³-hybridized carbons (Fsp3) is 0.440. The average molecular weight is 457 g/mol. The van der Waals surface area contributed by atoms with Gasteiger partial charge in [-0.15, -0.1) is 11.3 Å².